The molecule has 4 heteroatoms. The zero-order valence-corrected chi connectivity index (χ0v) is 10.0. The fourth-order valence-corrected chi connectivity index (χ4v) is 2.26. The van der Waals surface area contributed by atoms with Crippen LogP contribution in [-0.2, 0) is 9.53 Å². The molecule has 4 nitrogen and oxygen atoms in total. The fourth-order valence-electron chi connectivity index (χ4n) is 2.26. The SMILES string of the molecule is N#Cc1ccc(C(CC2CCCO2)C(=O)O)cc1. The van der Waals surface area contributed by atoms with Crippen LogP contribution < -0.4 is 0 Å². The molecular formula is C14H15NO3. The van der Waals surface area contributed by atoms with Crippen LogP contribution in [0.15, 0.2) is 24.3 Å². The molecule has 1 aromatic rings. The first-order valence-corrected chi connectivity index (χ1v) is 6.05. The number of ether oxygens (including phenoxy) is 1. The molecule has 1 saturated heterocycles. The molecule has 1 heterocycles. The lowest BCUT2D eigenvalue weighted by Crippen LogP contribution is -2.18. The van der Waals surface area contributed by atoms with Gasteiger partial charge in [-0.3, -0.25) is 4.79 Å². The average molecular weight is 245 g/mol. The highest BCUT2D eigenvalue weighted by molar-refractivity contribution is 5.76. The molecule has 2 rings (SSSR count). The number of hydrogen-bond acceptors (Lipinski definition) is 3. The van der Waals surface area contributed by atoms with E-state index >= 15 is 0 Å². The minimum Gasteiger partial charge on any atom is -0.481 e. The van der Waals surface area contributed by atoms with E-state index in [1.807, 2.05) is 6.07 Å². The highest BCUT2D eigenvalue weighted by Gasteiger charge is 2.26. The van der Waals surface area contributed by atoms with Crippen molar-refractivity contribution in [3.8, 4) is 6.07 Å². The molecule has 0 bridgehead atoms. The van der Waals surface area contributed by atoms with Crippen molar-refractivity contribution < 1.29 is 14.6 Å². The van der Waals surface area contributed by atoms with Gasteiger partial charge in [-0.2, -0.15) is 5.26 Å². The molecular weight excluding hydrogens is 230 g/mol. The van der Waals surface area contributed by atoms with Gasteiger partial charge in [-0.25, -0.2) is 0 Å². The average Bonchev–Trinajstić information content (AvgIpc) is 2.89. The minimum absolute atomic E-state index is 0.0433. The Bertz CT molecular complexity index is 455. The van der Waals surface area contributed by atoms with Crippen LogP contribution >= 0.6 is 0 Å². The Morgan fingerprint density at radius 1 is 1.50 bits per heavy atom. The summed E-state index contributed by atoms with van der Waals surface area (Å²) in [5.41, 5.74) is 1.28. The molecule has 0 spiro atoms. The van der Waals surface area contributed by atoms with E-state index in [4.69, 9.17) is 10.00 Å². The lowest BCUT2D eigenvalue weighted by atomic mass is 9.92. The van der Waals surface area contributed by atoms with E-state index in [9.17, 15) is 9.90 Å². The maximum atomic E-state index is 11.3. The van der Waals surface area contributed by atoms with Crippen LogP contribution in [0.3, 0.4) is 0 Å². The van der Waals surface area contributed by atoms with Crippen molar-refractivity contribution in [3.63, 3.8) is 0 Å². The van der Waals surface area contributed by atoms with Crippen LogP contribution in [-0.4, -0.2) is 23.8 Å². The zero-order valence-electron chi connectivity index (χ0n) is 10.0. The summed E-state index contributed by atoms with van der Waals surface area (Å²) in [6, 6.07) is 8.76. The van der Waals surface area contributed by atoms with E-state index in [1.54, 1.807) is 24.3 Å². The lowest BCUT2D eigenvalue weighted by Gasteiger charge is -2.16. The first-order chi connectivity index (χ1) is 8.70. The Morgan fingerprint density at radius 3 is 2.72 bits per heavy atom. The Hall–Kier alpha value is -1.86. The minimum atomic E-state index is -0.838. The van der Waals surface area contributed by atoms with Crippen LogP contribution in [0, 0.1) is 11.3 Å². The second-order valence-corrected chi connectivity index (χ2v) is 4.50. The van der Waals surface area contributed by atoms with Crippen molar-refractivity contribution in [1.29, 1.82) is 5.26 Å². The molecule has 1 aliphatic heterocycles. The molecule has 1 aliphatic rings. The molecule has 94 valence electrons. The van der Waals surface area contributed by atoms with E-state index in [0.717, 1.165) is 25.0 Å². The normalized spacial score (nSPS) is 20.3. The van der Waals surface area contributed by atoms with Gasteiger partial charge in [0.15, 0.2) is 0 Å². The van der Waals surface area contributed by atoms with Crippen LogP contribution in [0.4, 0.5) is 0 Å². The number of benzene rings is 1. The van der Waals surface area contributed by atoms with Gasteiger partial charge < -0.3 is 9.84 Å². The smallest absolute Gasteiger partial charge is 0.311 e. The Kier molecular flexibility index (Phi) is 3.96. The summed E-state index contributed by atoms with van der Waals surface area (Å²) in [4.78, 5) is 11.3. The number of carbonyl (C=O) groups is 1. The molecule has 1 N–H and O–H groups in total. The number of aliphatic carboxylic acids is 1. The summed E-state index contributed by atoms with van der Waals surface area (Å²) in [5.74, 6) is -1.39. The third kappa shape index (κ3) is 2.88. The molecule has 0 amide bonds. The summed E-state index contributed by atoms with van der Waals surface area (Å²) in [6.07, 6.45) is 2.48. The first kappa shape index (κ1) is 12.6. The van der Waals surface area contributed by atoms with Crippen molar-refractivity contribution in [3.05, 3.63) is 35.4 Å². The standard InChI is InChI=1S/C14H15NO3/c15-9-10-3-5-11(6-4-10)13(14(16)17)8-12-2-1-7-18-12/h3-6,12-13H,1-2,7-8H2,(H,16,17). The van der Waals surface area contributed by atoms with E-state index in [2.05, 4.69) is 0 Å². The van der Waals surface area contributed by atoms with Crippen LogP contribution in [0.25, 0.3) is 0 Å². The predicted octanol–water partition coefficient (Wildman–Crippen LogP) is 2.30. The second-order valence-electron chi connectivity index (χ2n) is 4.50. The van der Waals surface area contributed by atoms with Crippen LogP contribution in [0.1, 0.15) is 36.3 Å². The summed E-state index contributed by atoms with van der Waals surface area (Å²) in [7, 11) is 0. The molecule has 0 saturated carbocycles. The van der Waals surface area contributed by atoms with Gasteiger partial charge in [0.1, 0.15) is 0 Å². The predicted molar refractivity (Wildman–Crippen MR) is 65.1 cm³/mol. The van der Waals surface area contributed by atoms with Gasteiger partial charge in [0.25, 0.3) is 0 Å². The number of carboxylic acid groups (broad SMARTS) is 1. The quantitative estimate of drug-likeness (QED) is 0.883. The monoisotopic (exact) mass is 245 g/mol. The van der Waals surface area contributed by atoms with Crippen molar-refractivity contribution in [2.45, 2.75) is 31.3 Å². The zero-order chi connectivity index (χ0) is 13.0. The molecule has 2 atom stereocenters. The topological polar surface area (TPSA) is 70.3 Å². The van der Waals surface area contributed by atoms with E-state index in [-0.39, 0.29) is 6.10 Å². The number of nitriles is 1. The van der Waals surface area contributed by atoms with Gasteiger partial charge >= 0.3 is 5.97 Å². The molecule has 1 aromatic carbocycles. The van der Waals surface area contributed by atoms with Gasteiger partial charge in [-0.05, 0) is 37.0 Å². The first-order valence-electron chi connectivity index (χ1n) is 6.05. The molecule has 2 unspecified atom stereocenters. The molecule has 0 aliphatic carbocycles. The van der Waals surface area contributed by atoms with Gasteiger partial charge in [-0.15, -0.1) is 0 Å². The summed E-state index contributed by atoms with van der Waals surface area (Å²) in [5, 5.41) is 18.0. The Morgan fingerprint density at radius 2 is 2.22 bits per heavy atom. The fraction of sp³-hybridized carbons (Fsp3) is 0.429. The van der Waals surface area contributed by atoms with Gasteiger partial charge in [-0.1, -0.05) is 12.1 Å². The van der Waals surface area contributed by atoms with Gasteiger partial charge in [0.05, 0.1) is 23.7 Å². The third-order valence-corrected chi connectivity index (χ3v) is 3.26. The van der Waals surface area contributed by atoms with E-state index in [0.29, 0.717) is 12.0 Å². The maximum absolute atomic E-state index is 11.3. The highest BCUT2D eigenvalue weighted by atomic mass is 16.5. The van der Waals surface area contributed by atoms with Crippen LogP contribution in [0.2, 0.25) is 0 Å². The molecule has 18 heavy (non-hydrogen) atoms. The van der Waals surface area contributed by atoms with Crippen molar-refractivity contribution in [2.75, 3.05) is 6.61 Å². The number of rotatable bonds is 4. The summed E-state index contributed by atoms with van der Waals surface area (Å²) < 4.78 is 5.48. The van der Waals surface area contributed by atoms with Crippen molar-refractivity contribution >= 4 is 5.97 Å². The van der Waals surface area contributed by atoms with E-state index < -0.39 is 11.9 Å². The van der Waals surface area contributed by atoms with Crippen LogP contribution in [0.5, 0.6) is 0 Å². The summed E-state index contributed by atoms with van der Waals surface area (Å²) in [6.45, 7) is 0.727. The maximum Gasteiger partial charge on any atom is 0.311 e. The number of hydrogen-bond donors (Lipinski definition) is 1. The highest BCUT2D eigenvalue weighted by Crippen LogP contribution is 2.27. The third-order valence-electron chi connectivity index (χ3n) is 3.26. The molecule has 1 fully saturated rings. The van der Waals surface area contributed by atoms with Crippen molar-refractivity contribution in [2.24, 2.45) is 0 Å². The second kappa shape index (κ2) is 5.65. The number of nitrogens with zero attached hydrogens (tertiary/aromatic N) is 1. The Balaban J connectivity index is 2.13. The van der Waals surface area contributed by atoms with Gasteiger partial charge in [0, 0.05) is 6.61 Å². The molecule has 0 radical (unpaired) electrons. The number of carboxylic acids is 1. The van der Waals surface area contributed by atoms with E-state index in [1.165, 1.54) is 0 Å². The van der Waals surface area contributed by atoms with Gasteiger partial charge in [0.2, 0.25) is 0 Å². The molecule has 0 aromatic heterocycles. The Labute approximate surface area is 106 Å². The van der Waals surface area contributed by atoms with Crippen molar-refractivity contribution in [1.82, 2.24) is 0 Å². The lowest BCUT2D eigenvalue weighted by molar-refractivity contribution is -0.139. The largest absolute Gasteiger partial charge is 0.481 e. The summed E-state index contributed by atoms with van der Waals surface area (Å²) >= 11 is 0.